The van der Waals surface area contributed by atoms with E-state index in [0.29, 0.717) is 0 Å². The van der Waals surface area contributed by atoms with E-state index in [0.717, 1.165) is 6.33 Å². The van der Waals surface area contributed by atoms with E-state index >= 15 is 0 Å². The Morgan fingerprint density at radius 1 is 1.67 bits per heavy atom. The summed E-state index contributed by atoms with van der Waals surface area (Å²) in [4.78, 5) is 27.0. The average Bonchev–Trinajstić information content (AvgIpc) is 2.81. The second kappa shape index (κ2) is 6.38. The van der Waals surface area contributed by atoms with E-state index < -0.39 is 12.1 Å². The number of nitrogens with zero attached hydrogens (tertiary/aromatic N) is 4. The Bertz CT molecular complexity index is 443. The summed E-state index contributed by atoms with van der Waals surface area (Å²) in [6.45, 7) is 4.05. The van der Waals surface area contributed by atoms with Crippen LogP contribution in [-0.2, 0) is 11.3 Å². The summed E-state index contributed by atoms with van der Waals surface area (Å²) in [5.41, 5.74) is 0. The predicted molar refractivity (Wildman–Crippen MR) is 61.2 cm³/mol. The number of rotatable bonds is 6. The van der Waals surface area contributed by atoms with Crippen molar-refractivity contribution < 1.29 is 19.4 Å². The lowest BCUT2D eigenvalue weighted by Gasteiger charge is -2.16. The van der Waals surface area contributed by atoms with Gasteiger partial charge in [0.1, 0.15) is 12.9 Å². The Kier molecular flexibility index (Phi) is 4.85. The van der Waals surface area contributed by atoms with Gasteiger partial charge in [-0.2, -0.15) is 5.10 Å². The van der Waals surface area contributed by atoms with Gasteiger partial charge in [-0.05, 0) is 0 Å². The molecule has 1 amide bonds. The number of aromatic nitrogens is 3. The lowest BCUT2D eigenvalue weighted by molar-refractivity contribution is 0.0675. The summed E-state index contributed by atoms with van der Waals surface area (Å²) in [6.07, 6.45) is 2.11. The second-order valence-electron chi connectivity index (χ2n) is 3.40. The quantitative estimate of drug-likeness (QED) is 0.730. The van der Waals surface area contributed by atoms with Crippen LogP contribution in [0.2, 0.25) is 0 Å². The van der Waals surface area contributed by atoms with Crippen LogP contribution >= 0.6 is 0 Å². The molecular weight excluding hydrogens is 240 g/mol. The monoisotopic (exact) mass is 254 g/mol. The first kappa shape index (κ1) is 13.7. The first-order valence-corrected chi connectivity index (χ1v) is 5.16. The van der Waals surface area contributed by atoms with Crippen LogP contribution in [0.15, 0.2) is 19.0 Å². The number of amides is 1. The molecule has 1 aromatic heterocycles. The van der Waals surface area contributed by atoms with Crippen LogP contribution < -0.4 is 0 Å². The number of carbonyl (C=O) groups excluding carboxylic acids is 1. The van der Waals surface area contributed by atoms with Crippen molar-refractivity contribution in [3.05, 3.63) is 24.8 Å². The van der Waals surface area contributed by atoms with E-state index in [4.69, 9.17) is 9.84 Å². The maximum Gasteiger partial charge on any atom is 0.409 e. The molecule has 0 saturated heterocycles. The SMILES string of the molecule is C=CCOC(=O)N(C)CCn1ncnc1C(=O)O. The highest BCUT2D eigenvalue weighted by molar-refractivity contribution is 5.83. The number of hydrogen-bond acceptors (Lipinski definition) is 5. The number of carbonyl (C=O) groups is 2. The molecule has 0 atom stereocenters. The van der Waals surface area contributed by atoms with Crippen molar-refractivity contribution in [3.8, 4) is 0 Å². The molecule has 0 aromatic carbocycles. The number of ether oxygens (including phenoxy) is 1. The Balaban J connectivity index is 2.49. The van der Waals surface area contributed by atoms with Gasteiger partial charge >= 0.3 is 12.1 Å². The highest BCUT2D eigenvalue weighted by Crippen LogP contribution is 1.96. The molecule has 8 heteroatoms. The molecule has 1 heterocycles. The summed E-state index contributed by atoms with van der Waals surface area (Å²) in [5, 5.41) is 12.6. The topological polar surface area (TPSA) is 97.5 Å². The molecule has 98 valence electrons. The third-order valence-electron chi connectivity index (χ3n) is 2.09. The van der Waals surface area contributed by atoms with Crippen molar-refractivity contribution in [3.63, 3.8) is 0 Å². The summed E-state index contributed by atoms with van der Waals surface area (Å²) in [7, 11) is 1.54. The van der Waals surface area contributed by atoms with Gasteiger partial charge in [-0.1, -0.05) is 12.7 Å². The lowest BCUT2D eigenvalue weighted by Crippen LogP contribution is -2.31. The third-order valence-corrected chi connectivity index (χ3v) is 2.09. The molecule has 18 heavy (non-hydrogen) atoms. The third kappa shape index (κ3) is 3.58. The Labute approximate surface area is 103 Å². The zero-order chi connectivity index (χ0) is 13.5. The van der Waals surface area contributed by atoms with E-state index in [1.54, 1.807) is 7.05 Å². The van der Waals surface area contributed by atoms with Gasteiger partial charge in [-0.15, -0.1) is 0 Å². The summed E-state index contributed by atoms with van der Waals surface area (Å²) >= 11 is 0. The molecule has 0 radical (unpaired) electrons. The number of aromatic carboxylic acids is 1. The van der Waals surface area contributed by atoms with Crippen LogP contribution in [0.4, 0.5) is 4.79 Å². The van der Waals surface area contributed by atoms with Gasteiger partial charge in [0.25, 0.3) is 0 Å². The van der Waals surface area contributed by atoms with Gasteiger partial charge in [0, 0.05) is 13.6 Å². The van der Waals surface area contributed by atoms with Gasteiger partial charge in [0.2, 0.25) is 5.82 Å². The minimum Gasteiger partial charge on any atom is -0.475 e. The van der Waals surface area contributed by atoms with E-state index in [9.17, 15) is 9.59 Å². The molecule has 0 unspecified atom stereocenters. The highest BCUT2D eigenvalue weighted by atomic mass is 16.6. The summed E-state index contributed by atoms with van der Waals surface area (Å²) in [5.74, 6) is -1.33. The molecule has 8 nitrogen and oxygen atoms in total. The van der Waals surface area contributed by atoms with Crippen LogP contribution in [0.1, 0.15) is 10.6 Å². The fourth-order valence-electron chi connectivity index (χ4n) is 1.17. The smallest absolute Gasteiger partial charge is 0.409 e. The van der Waals surface area contributed by atoms with Crippen molar-refractivity contribution >= 4 is 12.1 Å². The molecule has 0 aliphatic carbocycles. The van der Waals surface area contributed by atoms with Gasteiger partial charge in [-0.25, -0.2) is 19.3 Å². The van der Waals surface area contributed by atoms with Gasteiger partial charge in [0.05, 0.1) is 6.54 Å². The Morgan fingerprint density at radius 2 is 2.39 bits per heavy atom. The molecule has 1 aromatic rings. The number of hydrogen-bond donors (Lipinski definition) is 1. The summed E-state index contributed by atoms with van der Waals surface area (Å²) < 4.78 is 6.02. The fourth-order valence-corrected chi connectivity index (χ4v) is 1.17. The zero-order valence-corrected chi connectivity index (χ0v) is 9.94. The maximum atomic E-state index is 11.4. The normalized spacial score (nSPS) is 9.83. The number of likely N-dealkylation sites (N-methyl/N-ethyl adjacent to an activating group) is 1. The second-order valence-corrected chi connectivity index (χ2v) is 3.40. The number of carboxylic acids is 1. The van der Waals surface area contributed by atoms with E-state index in [-0.39, 0.29) is 25.5 Å². The van der Waals surface area contributed by atoms with Crippen LogP contribution in [-0.4, -0.2) is 57.0 Å². The molecule has 0 saturated carbocycles. The molecule has 0 fully saturated rings. The number of carboxylic acid groups (broad SMARTS) is 1. The molecule has 0 bridgehead atoms. The van der Waals surface area contributed by atoms with Crippen molar-refractivity contribution in [2.24, 2.45) is 0 Å². The molecule has 0 spiro atoms. The Morgan fingerprint density at radius 3 is 3.00 bits per heavy atom. The molecule has 1 rings (SSSR count). The lowest BCUT2D eigenvalue weighted by atomic mass is 10.5. The fraction of sp³-hybridized carbons (Fsp3) is 0.400. The van der Waals surface area contributed by atoms with Gasteiger partial charge < -0.3 is 14.7 Å². The van der Waals surface area contributed by atoms with Crippen LogP contribution in [0.25, 0.3) is 0 Å². The van der Waals surface area contributed by atoms with Crippen molar-refractivity contribution in [2.45, 2.75) is 6.54 Å². The largest absolute Gasteiger partial charge is 0.475 e. The minimum absolute atomic E-state index is 0.132. The van der Waals surface area contributed by atoms with E-state index in [1.165, 1.54) is 15.7 Å². The standard InChI is InChI=1S/C10H14N4O4/c1-3-6-18-10(17)13(2)4-5-14-8(9(15)16)11-7-12-14/h3,7H,1,4-6H2,2H3,(H,15,16). The van der Waals surface area contributed by atoms with Crippen LogP contribution in [0.3, 0.4) is 0 Å². The van der Waals surface area contributed by atoms with E-state index in [2.05, 4.69) is 16.7 Å². The van der Waals surface area contributed by atoms with Crippen LogP contribution in [0, 0.1) is 0 Å². The molecular formula is C10H14N4O4. The van der Waals surface area contributed by atoms with Crippen molar-refractivity contribution in [1.82, 2.24) is 19.7 Å². The first-order chi connectivity index (χ1) is 8.56. The average molecular weight is 254 g/mol. The zero-order valence-electron chi connectivity index (χ0n) is 9.94. The molecule has 1 N–H and O–H groups in total. The van der Waals surface area contributed by atoms with Crippen LogP contribution in [0.5, 0.6) is 0 Å². The molecule has 0 aliphatic rings. The van der Waals surface area contributed by atoms with E-state index in [1.807, 2.05) is 0 Å². The van der Waals surface area contributed by atoms with Gasteiger partial charge in [-0.3, -0.25) is 0 Å². The van der Waals surface area contributed by atoms with Crippen molar-refractivity contribution in [1.29, 1.82) is 0 Å². The maximum absolute atomic E-state index is 11.4. The van der Waals surface area contributed by atoms with Gasteiger partial charge in [0.15, 0.2) is 0 Å². The van der Waals surface area contributed by atoms with Crippen molar-refractivity contribution in [2.75, 3.05) is 20.2 Å². The first-order valence-electron chi connectivity index (χ1n) is 5.16. The minimum atomic E-state index is -1.16. The highest BCUT2D eigenvalue weighted by Gasteiger charge is 2.14. The molecule has 0 aliphatic heterocycles. The Hall–Kier alpha value is -2.38. The predicted octanol–water partition coefficient (Wildman–Crippen LogP) is 0.231. The summed E-state index contributed by atoms with van der Waals surface area (Å²) in [6, 6.07) is 0.